The molecule has 4 N–H and O–H groups in total. The van der Waals surface area contributed by atoms with E-state index in [2.05, 4.69) is 10.6 Å². The van der Waals surface area contributed by atoms with E-state index in [0.717, 1.165) is 0 Å². The first-order valence-electron chi connectivity index (χ1n) is 4.92. The third kappa shape index (κ3) is 3.81. The van der Waals surface area contributed by atoms with Crippen molar-refractivity contribution in [1.29, 1.82) is 0 Å². The molecule has 17 heavy (non-hydrogen) atoms. The largest absolute Gasteiger partial charge is 0.325 e. The molecular weight excluding hydrogens is 242 g/mol. The molecule has 0 bridgehead atoms. The van der Waals surface area contributed by atoms with Crippen molar-refractivity contribution in [1.82, 2.24) is 5.32 Å². The van der Waals surface area contributed by atoms with Gasteiger partial charge in [0.05, 0.1) is 11.4 Å². The lowest BCUT2D eigenvalue weighted by molar-refractivity contribution is -0.115. The fourth-order valence-corrected chi connectivity index (χ4v) is 2.16. The third-order valence-electron chi connectivity index (χ3n) is 2.12. The highest BCUT2D eigenvalue weighted by Gasteiger charge is 2.12. The molecule has 0 fully saturated rings. The molecule has 0 unspecified atom stereocenters. The van der Waals surface area contributed by atoms with Crippen molar-refractivity contribution in [3.63, 3.8) is 0 Å². The number of primary sulfonamides is 1. The minimum atomic E-state index is -3.77. The van der Waals surface area contributed by atoms with Crippen LogP contribution in [-0.4, -0.2) is 27.9 Å². The van der Waals surface area contributed by atoms with Gasteiger partial charge in [-0.2, -0.15) is 0 Å². The summed E-state index contributed by atoms with van der Waals surface area (Å²) in [6.45, 7) is 1.79. The van der Waals surface area contributed by atoms with Gasteiger partial charge in [-0.1, -0.05) is 6.07 Å². The lowest BCUT2D eigenvalue weighted by atomic mass is 10.2. The quantitative estimate of drug-likeness (QED) is 0.695. The van der Waals surface area contributed by atoms with Crippen LogP contribution in [-0.2, 0) is 14.8 Å². The maximum Gasteiger partial charge on any atom is 0.238 e. The molecule has 0 aliphatic heterocycles. The third-order valence-corrected chi connectivity index (χ3v) is 3.17. The van der Waals surface area contributed by atoms with Gasteiger partial charge in [-0.15, -0.1) is 0 Å². The standard InChI is InChI=1S/C10H15N3O3S/c1-7-3-4-8(13-10(14)6-12-2)5-9(7)17(11,15)16/h3-5,12H,6H2,1-2H3,(H,13,14)(H2,11,15,16). The predicted molar refractivity (Wildman–Crippen MR) is 65.1 cm³/mol. The number of benzene rings is 1. The average molecular weight is 257 g/mol. The number of nitrogens with one attached hydrogen (secondary N) is 2. The van der Waals surface area contributed by atoms with Crippen LogP contribution in [0.2, 0.25) is 0 Å². The predicted octanol–water partition coefficient (Wildman–Crippen LogP) is -0.200. The smallest absolute Gasteiger partial charge is 0.238 e. The highest BCUT2D eigenvalue weighted by molar-refractivity contribution is 7.89. The van der Waals surface area contributed by atoms with Crippen LogP contribution in [0.4, 0.5) is 5.69 Å². The summed E-state index contributed by atoms with van der Waals surface area (Å²) in [7, 11) is -2.13. The Bertz CT molecular complexity index is 526. The first kappa shape index (κ1) is 13.6. The maximum absolute atomic E-state index is 11.3. The second kappa shape index (κ2) is 5.26. The molecule has 0 saturated carbocycles. The molecule has 0 aliphatic carbocycles. The highest BCUT2D eigenvalue weighted by atomic mass is 32.2. The summed E-state index contributed by atoms with van der Waals surface area (Å²) in [4.78, 5) is 11.3. The molecule has 0 atom stereocenters. The average Bonchev–Trinajstić information content (AvgIpc) is 2.19. The molecule has 0 spiro atoms. The Morgan fingerprint density at radius 3 is 2.59 bits per heavy atom. The Balaban J connectivity index is 3.02. The summed E-state index contributed by atoms with van der Waals surface area (Å²) in [5, 5.41) is 10.3. The van der Waals surface area contributed by atoms with E-state index in [4.69, 9.17) is 5.14 Å². The van der Waals surface area contributed by atoms with Crippen LogP contribution >= 0.6 is 0 Å². The molecule has 6 nitrogen and oxygen atoms in total. The second-order valence-corrected chi connectivity index (χ2v) is 5.13. The van der Waals surface area contributed by atoms with Gasteiger partial charge in [-0.05, 0) is 31.7 Å². The summed E-state index contributed by atoms with van der Waals surface area (Å²) in [6.07, 6.45) is 0. The summed E-state index contributed by atoms with van der Waals surface area (Å²) < 4.78 is 22.5. The summed E-state index contributed by atoms with van der Waals surface area (Å²) in [5.41, 5.74) is 0.944. The van der Waals surface area contributed by atoms with Crippen LogP contribution < -0.4 is 15.8 Å². The molecule has 1 aromatic rings. The van der Waals surface area contributed by atoms with E-state index in [-0.39, 0.29) is 17.3 Å². The van der Waals surface area contributed by atoms with Crippen LogP contribution in [0.25, 0.3) is 0 Å². The van der Waals surface area contributed by atoms with Crippen LogP contribution in [0.1, 0.15) is 5.56 Å². The topological polar surface area (TPSA) is 101 Å². The number of hydrogen-bond donors (Lipinski definition) is 3. The number of amides is 1. The number of carbonyl (C=O) groups is 1. The molecule has 7 heteroatoms. The molecule has 1 amide bonds. The number of anilines is 1. The van der Waals surface area contributed by atoms with Crippen molar-refractivity contribution < 1.29 is 13.2 Å². The van der Waals surface area contributed by atoms with Crippen LogP contribution in [0, 0.1) is 6.92 Å². The van der Waals surface area contributed by atoms with Gasteiger partial charge < -0.3 is 10.6 Å². The first-order chi connectivity index (χ1) is 7.84. The minimum absolute atomic E-state index is 0.0137. The fraction of sp³-hybridized carbons (Fsp3) is 0.300. The van der Waals surface area contributed by atoms with Crippen molar-refractivity contribution >= 4 is 21.6 Å². The Morgan fingerprint density at radius 1 is 1.41 bits per heavy atom. The van der Waals surface area contributed by atoms with E-state index in [1.165, 1.54) is 6.07 Å². The summed E-state index contributed by atoms with van der Waals surface area (Å²) in [5.74, 6) is -0.253. The van der Waals surface area contributed by atoms with E-state index < -0.39 is 10.0 Å². The van der Waals surface area contributed by atoms with Gasteiger partial charge in [0.25, 0.3) is 0 Å². The molecule has 1 aromatic carbocycles. The lowest BCUT2D eigenvalue weighted by Crippen LogP contribution is -2.25. The van der Waals surface area contributed by atoms with Crippen molar-refractivity contribution in [3.8, 4) is 0 Å². The summed E-state index contributed by atoms with van der Waals surface area (Å²) in [6, 6.07) is 4.56. The number of likely N-dealkylation sites (N-methyl/N-ethyl adjacent to an activating group) is 1. The van der Waals surface area contributed by atoms with Gasteiger partial charge in [-0.25, -0.2) is 13.6 Å². The molecule has 0 aliphatic rings. The van der Waals surface area contributed by atoms with Gasteiger partial charge in [0.15, 0.2) is 0 Å². The van der Waals surface area contributed by atoms with E-state index in [1.54, 1.807) is 26.1 Å². The zero-order chi connectivity index (χ0) is 13.1. The zero-order valence-corrected chi connectivity index (χ0v) is 10.5. The maximum atomic E-state index is 11.3. The fourth-order valence-electron chi connectivity index (χ4n) is 1.35. The van der Waals surface area contributed by atoms with Crippen LogP contribution in [0.5, 0.6) is 0 Å². The first-order valence-corrected chi connectivity index (χ1v) is 6.47. The lowest BCUT2D eigenvalue weighted by Gasteiger charge is -2.08. The number of sulfonamides is 1. The Labute approximate surface area is 100 Å². The molecule has 0 saturated heterocycles. The zero-order valence-electron chi connectivity index (χ0n) is 9.65. The Morgan fingerprint density at radius 2 is 2.06 bits per heavy atom. The van der Waals surface area contributed by atoms with Gasteiger partial charge in [0.1, 0.15) is 0 Å². The van der Waals surface area contributed by atoms with Crippen molar-refractivity contribution in [2.45, 2.75) is 11.8 Å². The van der Waals surface area contributed by atoms with E-state index in [1.807, 2.05) is 0 Å². The molecule has 0 heterocycles. The Hall–Kier alpha value is -1.44. The van der Waals surface area contributed by atoms with Gasteiger partial charge in [0.2, 0.25) is 15.9 Å². The number of rotatable bonds is 4. The van der Waals surface area contributed by atoms with E-state index in [9.17, 15) is 13.2 Å². The van der Waals surface area contributed by atoms with E-state index >= 15 is 0 Å². The Kier molecular flexibility index (Phi) is 4.22. The number of nitrogens with two attached hydrogens (primary N) is 1. The number of carbonyl (C=O) groups excluding carboxylic acids is 1. The minimum Gasteiger partial charge on any atom is -0.325 e. The number of hydrogen-bond acceptors (Lipinski definition) is 4. The van der Waals surface area contributed by atoms with Crippen molar-refractivity contribution in [3.05, 3.63) is 23.8 Å². The number of aryl methyl sites for hydroxylation is 1. The van der Waals surface area contributed by atoms with Gasteiger partial charge >= 0.3 is 0 Å². The monoisotopic (exact) mass is 257 g/mol. The SMILES string of the molecule is CNCC(=O)Nc1ccc(C)c(S(N)(=O)=O)c1. The molecule has 1 rings (SSSR count). The van der Waals surface area contributed by atoms with Crippen molar-refractivity contribution in [2.24, 2.45) is 5.14 Å². The van der Waals surface area contributed by atoms with Gasteiger partial charge in [-0.3, -0.25) is 4.79 Å². The normalized spacial score (nSPS) is 11.2. The van der Waals surface area contributed by atoms with Crippen LogP contribution in [0.3, 0.4) is 0 Å². The highest BCUT2D eigenvalue weighted by Crippen LogP contribution is 2.18. The molecule has 0 aromatic heterocycles. The van der Waals surface area contributed by atoms with Gasteiger partial charge in [0, 0.05) is 5.69 Å². The van der Waals surface area contributed by atoms with Crippen LogP contribution in [0.15, 0.2) is 23.1 Å². The summed E-state index contributed by atoms with van der Waals surface area (Å²) >= 11 is 0. The second-order valence-electron chi connectivity index (χ2n) is 3.60. The molecular formula is C10H15N3O3S. The molecule has 94 valence electrons. The van der Waals surface area contributed by atoms with Crippen molar-refractivity contribution in [2.75, 3.05) is 18.9 Å². The molecule has 0 radical (unpaired) electrons. The van der Waals surface area contributed by atoms with E-state index in [0.29, 0.717) is 11.3 Å².